The van der Waals surface area contributed by atoms with Crippen LogP contribution in [0.15, 0.2) is 0 Å². The van der Waals surface area contributed by atoms with Gasteiger partial charge in [-0.1, -0.05) is 13.3 Å². The lowest BCUT2D eigenvalue weighted by atomic mass is 9.90. The Balaban J connectivity index is 2.32. The highest BCUT2D eigenvalue weighted by molar-refractivity contribution is 5.81. The van der Waals surface area contributed by atoms with Gasteiger partial charge in [0.15, 0.2) is 6.29 Å². The second-order valence-corrected chi connectivity index (χ2v) is 4.89. The lowest BCUT2D eigenvalue weighted by Gasteiger charge is -2.29. The molecule has 0 bridgehead atoms. The van der Waals surface area contributed by atoms with Crippen molar-refractivity contribution in [1.29, 1.82) is 0 Å². The number of nitrogens with one attached hydrogen (secondary N) is 2. The van der Waals surface area contributed by atoms with Crippen molar-refractivity contribution < 1.29 is 14.3 Å². The Labute approximate surface area is 116 Å². The zero-order chi connectivity index (χ0) is 14.1. The van der Waals surface area contributed by atoms with Gasteiger partial charge in [0.05, 0.1) is 12.6 Å². The molecule has 2 N–H and O–H groups in total. The van der Waals surface area contributed by atoms with Gasteiger partial charge in [0.2, 0.25) is 5.91 Å². The number of hydrogen-bond donors (Lipinski definition) is 2. The van der Waals surface area contributed by atoms with E-state index in [4.69, 9.17) is 9.47 Å². The van der Waals surface area contributed by atoms with E-state index < -0.39 is 0 Å². The minimum absolute atomic E-state index is 0.0579. The summed E-state index contributed by atoms with van der Waals surface area (Å²) >= 11 is 0. The fraction of sp³-hybridized carbons (Fsp3) is 0.929. The molecule has 0 radical (unpaired) electrons. The van der Waals surface area contributed by atoms with Crippen molar-refractivity contribution in [3.05, 3.63) is 0 Å². The average Bonchev–Trinajstić information content (AvgIpc) is 2.45. The maximum Gasteiger partial charge on any atom is 0.237 e. The van der Waals surface area contributed by atoms with Crippen molar-refractivity contribution in [2.75, 3.05) is 26.3 Å². The molecular formula is C14H28N2O3. The lowest BCUT2D eigenvalue weighted by molar-refractivity contribution is -0.141. The Kier molecular flexibility index (Phi) is 8.02. The van der Waals surface area contributed by atoms with Crippen LogP contribution in [-0.2, 0) is 14.3 Å². The number of ether oxygens (including phenoxy) is 2. The number of carbonyl (C=O) groups excluding carboxylic acids is 1. The number of amides is 1. The summed E-state index contributed by atoms with van der Waals surface area (Å²) < 4.78 is 10.8. The van der Waals surface area contributed by atoms with Gasteiger partial charge in [-0.2, -0.15) is 0 Å². The van der Waals surface area contributed by atoms with E-state index in [0.29, 0.717) is 25.7 Å². The molecule has 1 fully saturated rings. The van der Waals surface area contributed by atoms with Gasteiger partial charge < -0.3 is 20.1 Å². The van der Waals surface area contributed by atoms with Gasteiger partial charge in [0, 0.05) is 13.2 Å². The van der Waals surface area contributed by atoms with Gasteiger partial charge >= 0.3 is 0 Å². The molecule has 0 spiro atoms. The Morgan fingerprint density at radius 2 is 2.00 bits per heavy atom. The first kappa shape index (κ1) is 16.4. The zero-order valence-electron chi connectivity index (χ0n) is 12.4. The van der Waals surface area contributed by atoms with Gasteiger partial charge in [-0.05, 0) is 39.2 Å². The smallest absolute Gasteiger partial charge is 0.237 e. The van der Waals surface area contributed by atoms with E-state index in [-0.39, 0.29) is 18.2 Å². The first-order valence-electron chi connectivity index (χ1n) is 7.45. The minimum atomic E-state index is -0.343. The molecule has 2 unspecified atom stereocenters. The predicted molar refractivity (Wildman–Crippen MR) is 74.9 cm³/mol. The molecule has 1 amide bonds. The van der Waals surface area contributed by atoms with Gasteiger partial charge in [0.25, 0.3) is 0 Å². The van der Waals surface area contributed by atoms with E-state index in [9.17, 15) is 4.79 Å². The molecule has 0 aromatic heterocycles. The summed E-state index contributed by atoms with van der Waals surface area (Å²) in [5, 5.41) is 6.19. The Hall–Kier alpha value is -0.650. The third-order valence-electron chi connectivity index (χ3n) is 3.55. The lowest BCUT2D eigenvalue weighted by Crippen LogP contribution is -2.50. The van der Waals surface area contributed by atoms with Crippen LogP contribution in [0.5, 0.6) is 0 Å². The molecule has 2 atom stereocenters. The number of hydrogen-bond acceptors (Lipinski definition) is 4. The number of rotatable bonds is 8. The van der Waals surface area contributed by atoms with E-state index >= 15 is 0 Å². The summed E-state index contributed by atoms with van der Waals surface area (Å²) in [5.41, 5.74) is 0. The van der Waals surface area contributed by atoms with Crippen LogP contribution in [0.1, 0.15) is 40.0 Å². The fourth-order valence-electron chi connectivity index (χ4n) is 2.41. The molecule has 1 heterocycles. The molecule has 0 saturated carbocycles. The molecular weight excluding hydrogens is 244 g/mol. The van der Waals surface area contributed by atoms with E-state index in [1.165, 1.54) is 6.42 Å². The summed E-state index contributed by atoms with van der Waals surface area (Å²) in [6.07, 6.45) is 2.90. The van der Waals surface area contributed by atoms with Crippen LogP contribution in [-0.4, -0.2) is 44.5 Å². The Bertz CT molecular complexity index is 255. The molecule has 0 aromatic rings. The van der Waals surface area contributed by atoms with E-state index in [0.717, 1.165) is 19.4 Å². The zero-order valence-corrected chi connectivity index (χ0v) is 12.4. The molecule has 1 aliphatic heterocycles. The maximum atomic E-state index is 12.1. The van der Waals surface area contributed by atoms with Crippen molar-refractivity contribution in [3.8, 4) is 0 Å². The highest BCUT2D eigenvalue weighted by atomic mass is 16.7. The predicted octanol–water partition coefficient (Wildman–Crippen LogP) is 1.28. The van der Waals surface area contributed by atoms with Crippen molar-refractivity contribution in [1.82, 2.24) is 10.6 Å². The fourth-order valence-corrected chi connectivity index (χ4v) is 2.41. The van der Waals surface area contributed by atoms with Gasteiger partial charge in [0.1, 0.15) is 0 Å². The highest BCUT2D eigenvalue weighted by Crippen LogP contribution is 2.19. The van der Waals surface area contributed by atoms with E-state index in [1.807, 2.05) is 13.8 Å². The second kappa shape index (κ2) is 9.28. The van der Waals surface area contributed by atoms with Crippen LogP contribution in [0, 0.1) is 5.92 Å². The Morgan fingerprint density at radius 3 is 2.58 bits per heavy atom. The average molecular weight is 272 g/mol. The normalized spacial score (nSPS) is 23.6. The first-order chi connectivity index (χ1) is 9.21. The Morgan fingerprint density at radius 1 is 1.32 bits per heavy atom. The van der Waals surface area contributed by atoms with Crippen LogP contribution in [0.2, 0.25) is 0 Å². The maximum absolute atomic E-state index is 12.1. The van der Waals surface area contributed by atoms with Crippen molar-refractivity contribution in [2.24, 2.45) is 5.92 Å². The molecule has 1 saturated heterocycles. The van der Waals surface area contributed by atoms with Gasteiger partial charge in [-0.15, -0.1) is 0 Å². The van der Waals surface area contributed by atoms with Crippen LogP contribution in [0.3, 0.4) is 0 Å². The highest BCUT2D eigenvalue weighted by Gasteiger charge is 2.26. The van der Waals surface area contributed by atoms with E-state index in [1.54, 1.807) is 0 Å². The van der Waals surface area contributed by atoms with Crippen molar-refractivity contribution in [3.63, 3.8) is 0 Å². The van der Waals surface area contributed by atoms with Gasteiger partial charge in [-0.25, -0.2) is 0 Å². The molecule has 5 nitrogen and oxygen atoms in total. The van der Waals surface area contributed by atoms with Crippen LogP contribution < -0.4 is 10.6 Å². The summed E-state index contributed by atoms with van der Waals surface area (Å²) in [6.45, 7) is 8.53. The molecule has 0 aliphatic carbocycles. The molecule has 1 rings (SSSR count). The monoisotopic (exact) mass is 272 g/mol. The van der Waals surface area contributed by atoms with Crippen molar-refractivity contribution >= 4 is 5.91 Å². The summed E-state index contributed by atoms with van der Waals surface area (Å²) in [5.74, 6) is 0.717. The molecule has 0 aromatic carbocycles. The quantitative estimate of drug-likeness (QED) is 0.654. The number of piperidine rings is 1. The molecule has 1 aliphatic rings. The van der Waals surface area contributed by atoms with E-state index in [2.05, 4.69) is 17.6 Å². The SMILES string of the molecule is CCOC(CNC(=O)C1CC(CC)CCN1)OCC. The second-order valence-electron chi connectivity index (χ2n) is 4.89. The molecule has 5 heteroatoms. The summed E-state index contributed by atoms with van der Waals surface area (Å²) in [4.78, 5) is 12.1. The number of carbonyl (C=O) groups is 1. The summed E-state index contributed by atoms with van der Waals surface area (Å²) in [6, 6.07) is -0.0670. The third kappa shape index (κ3) is 5.89. The minimum Gasteiger partial charge on any atom is -0.351 e. The summed E-state index contributed by atoms with van der Waals surface area (Å²) in [7, 11) is 0. The first-order valence-corrected chi connectivity index (χ1v) is 7.45. The molecule has 19 heavy (non-hydrogen) atoms. The van der Waals surface area contributed by atoms with Gasteiger partial charge in [-0.3, -0.25) is 4.79 Å². The molecule has 112 valence electrons. The standard InChI is InChI=1S/C14H28N2O3/c1-4-11-7-8-15-12(9-11)14(17)16-10-13(18-5-2)19-6-3/h11-13,15H,4-10H2,1-3H3,(H,16,17). The van der Waals surface area contributed by atoms with Crippen LogP contribution in [0.4, 0.5) is 0 Å². The largest absolute Gasteiger partial charge is 0.351 e. The topological polar surface area (TPSA) is 59.6 Å². The third-order valence-corrected chi connectivity index (χ3v) is 3.55. The van der Waals surface area contributed by atoms with Crippen molar-refractivity contribution in [2.45, 2.75) is 52.4 Å². The van der Waals surface area contributed by atoms with Crippen LogP contribution in [0.25, 0.3) is 0 Å². The van der Waals surface area contributed by atoms with Crippen LogP contribution >= 0.6 is 0 Å².